The van der Waals surface area contributed by atoms with E-state index in [4.69, 9.17) is 0 Å². The van der Waals surface area contributed by atoms with E-state index in [1.165, 1.54) is 24.1 Å². The van der Waals surface area contributed by atoms with Crippen LogP contribution in [-0.4, -0.2) is 18.0 Å². The fourth-order valence-electron chi connectivity index (χ4n) is 1.93. The van der Waals surface area contributed by atoms with E-state index in [9.17, 15) is 0 Å². The molecule has 0 amide bonds. The van der Waals surface area contributed by atoms with Crippen LogP contribution in [0.1, 0.15) is 51.2 Å². The Labute approximate surface area is 100 Å². The van der Waals surface area contributed by atoms with Gasteiger partial charge in [0.1, 0.15) is 0 Å². The first-order valence-corrected chi connectivity index (χ1v) is 6.48. The van der Waals surface area contributed by atoms with Crippen molar-refractivity contribution >= 4 is 0 Å². The van der Waals surface area contributed by atoms with Gasteiger partial charge in [-0.3, -0.25) is 4.90 Å². The Morgan fingerprint density at radius 2 is 1.69 bits per heavy atom. The van der Waals surface area contributed by atoms with Crippen molar-refractivity contribution in [3.63, 3.8) is 0 Å². The van der Waals surface area contributed by atoms with Crippen LogP contribution in [0.2, 0.25) is 0 Å². The average Bonchev–Trinajstić information content (AvgIpc) is 2.29. The summed E-state index contributed by atoms with van der Waals surface area (Å²) in [7, 11) is 0. The topological polar surface area (TPSA) is 3.24 Å². The highest BCUT2D eigenvalue weighted by molar-refractivity contribution is 5.24. The van der Waals surface area contributed by atoms with E-state index >= 15 is 0 Å². The Kier molecular flexibility index (Phi) is 5.54. The third kappa shape index (κ3) is 3.97. The van der Waals surface area contributed by atoms with Gasteiger partial charge in [-0.15, -0.1) is 0 Å². The summed E-state index contributed by atoms with van der Waals surface area (Å²) in [6.07, 6.45) is 1.23. The largest absolute Gasteiger partial charge is 0.299 e. The molecular formula is C15H25N. The number of hydrogen-bond acceptors (Lipinski definition) is 1. The van der Waals surface area contributed by atoms with Crippen LogP contribution in [0.25, 0.3) is 0 Å². The minimum atomic E-state index is 0.631. The van der Waals surface area contributed by atoms with Gasteiger partial charge < -0.3 is 0 Å². The van der Waals surface area contributed by atoms with Gasteiger partial charge in [-0.2, -0.15) is 0 Å². The second-order valence-corrected chi connectivity index (χ2v) is 4.77. The van der Waals surface area contributed by atoms with Crippen molar-refractivity contribution in [3.05, 3.63) is 35.4 Å². The lowest BCUT2D eigenvalue weighted by Gasteiger charge is -2.19. The van der Waals surface area contributed by atoms with Gasteiger partial charge in [-0.05, 0) is 36.6 Å². The van der Waals surface area contributed by atoms with E-state index in [1.807, 2.05) is 0 Å². The maximum absolute atomic E-state index is 2.49. The zero-order valence-corrected chi connectivity index (χ0v) is 11.2. The molecule has 1 aromatic rings. The summed E-state index contributed by atoms with van der Waals surface area (Å²) in [5.74, 6) is 0.631. The Hall–Kier alpha value is -0.820. The maximum atomic E-state index is 2.49. The van der Waals surface area contributed by atoms with E-state index in [2.05, 4.69) is 56.9 Å². The summed E-state index contributed by atoms with van der Waals surface area (Å²) in [6, 6.07) is 9.07. The van der Waals surface area contributed by atoms with Crippen LogP contribution in [-0.2, 0) is 6.54 Å². The first-order chi connectivity index (χ1) is 7.67. The number of nitrogens with zero attached hydrogens (tertiary/aromatic N) is 1. The molecule has 0 radical (unpaired) electrons. The number of benzene rings is 1. The van der Waals surface area contributed by atoms with E-state index < -0.39 is 0 Å². The van der Waals surface area contributed by atoms with Crippen molar-refractivity contribution in [2.45, 2.75) is 46.6 Å². The fourth-order valence-corrected chi connectivity index (χ4v) is 1.93. The first-order valence-electron chi connectivity index (χ1n) is 6.48. The summed E-state index contributed by atoms with van der Waals surface area (Å²) in [4.78, 5) is 2.49. The van der Waals surface area contributed by atoms with Gasteiger partial charge in [0.15, 0.2) is 0 Å². The second kappa shape index (κ2) is 6.70. The molecule has 1 rings (SSSR count). The third-order valence-electron chi connectivity index (χ3n) is 3.04. The summed E-state index contributed by atoms with van der Waals surface area (Å²) < 4.78 is 0. The molecule has 0 saturated carbocycles. The zero-order chi connectivity index (χ0) is 12.0. The highest BCUT2D eigenvalue weighted by Crippen LogP contribution is 2.15. The van der Waals surface area contributed by atoms with E-state index in [-0.39, 0.29) is 0 Å². The van der Waals surface area contributed by atoms with Crippen LogP contribution >= 0.6 is 0 Å². The molecule has 1 nitrogen and oxygen atoms in total. The minimum absolute atomic E-state index is 0.631. The van der Waals surface area contributed by atoms with Gasteiger partial charge in [-0.1, -0.05) is 52.0 Å². The minimum Gasteiger partial charge on any atom is -0.299 e. The van der Waals surface area contributed by atoms with Gasteiger partial charge >= 0.3 is 0 Å². The van der Waals surface area contributed by atoms with Crippen molar-refractivity contribution in [1.82, 2.24) is 4.90 Å². The van der Waals surface area contributed by atoms with Crippen molar-refractivity contribution < 1.29 is 0 Å². The molecular weight excluding hydrogens is 194 g/mol. The first kappa shape index (κ1) is 13.2. The Morgan fingerprint density at radius 3 is 2.12 bits per heavy atom. The van der Waals surface area contributed by atoms with E-state index in [1.54, 1.807) is 0 Å². The van der Waals surface area contributed by atoms with Crippen molar-refractivity contribution in [2.24, 2.45) is 0 Å². The van der Waals surface area contributed by atoms with Crippen molar-refractivity contribution in [1.29, 1.82) is 0 Å². The molecule has 0 aliphatic carbocycles. The molecule has 0 saturated heterocycles. The standard InChI is InChI=1S/C15H25N/c1-5-11-16(6-2)12-14-7-9-15(10-8-14)13(3)4/h7-10,13H,5-6,11-12H2,1-4H3. The molecule has 90 valence electrons. The lowest BCUT2D eigenvalue weighted by Crippen LogP contribution is -2.23. The molecule has 0 fully saturated rings. The quantitative estimate of drug-likeness (QED) is 0.698. The normalized spacial score (nSPS) is 11.4. The lowest BCUT2D eigenvalue weighted by atomic mass is 10.0. The average molecular weight is 219 g/mol. The molecule has 0 atom stereocenters. The lowest BCUT2D eigenvalue weighted by molar-refractivity contribution is 0.280. The van der Waals surface area contributed by atoms with Crippen LogP contribution in [0.15, 0.2) is 24.3 Å². The molecule has 0 aliphatic rings. The molecule has 0 unspecified atom stereocenters. The van der Waals surface area contributed by atoms with Crippen LogP contribution in [0.4, 0.5) is 0 Å². The molecule has 0 aliphatic heterocycles. The Balaban J connectivity index is 2.60. The molecule has 0 N–H and O–H groups in total. The number of hydrogen-bond donors (Lipinski definition) is 0. The van der Waals surface area contributed by atoms with Gasteiger partial charge in [0.05, 0.1) is 0 Å². The van der Waals surface area contributed by atoms with Gasteiger partial charge in [0, 0.05) is 6.54 Å². The van der Waals surface area contributed by atoms with E-state index in [0.29, 0.717) is 5.92 Å². The van der Waals surface area contributed by atoms with Crippen LogP contribution in [0, 0.1) is 0 Å². The zero-order valence-electron chi connectivity index (χ0n) is 11.2. The summed E-state index contributed by atoms with van der Waals surface area (Å²) >= 11 is 0. The van der Waals surface area contributed by atoms with Crippen molar-refractivity contribution in [3.8, 4) is 0 Å². The summed E-state index contributed by atoms with van der Waals surface area (Å²) in [6.45, 7) is 12.4. The Bertz CT molecular complexity index is 287. The van der Waals surface area contributed by atoms with E-state index in [0.717, 1.165) is 13.1 Å². The summed E-state index contributed by atoms with van der Waals surface area (Å²) in [5, 5.41) is 0. The van der Waals surface area contributed by atoms with Crippen LogP contribution in [0.3, 0.4) is 0 Å². The predicted molar refractivity (Wildman–Crippen MR) is 71.8 cm³/mol. The number of rotatable bonds is 6. The molecule has 0 spiro atoms. The Morgan fingerprint density at radius 1 is 1.06 bits per heavy atom. The SMILES string of the molecule is CCCN(CC)Cc1ccc(C(C)C)cc1. The summed E-state index contributed by atoms with van der Waals surface area (Å²) in [5.41, 5.74) is 2.86. The van der Waals surface area contributed by atoms with Crippen LogP contribution in [0.5, 0.6) is 0 Å². The van der Waals surface area contributed by atoms with Gasteiger partial charge in [-0.25, -0.2) is 0 Å². The molecule has 16 heavy (non-hydrogen) atoms. The molecule has 0 heterocycles. The second-order valence-electron chi connectivity index (χ2n) is 4.77. The van der Waals surface area contributed by atoms with Gasteiger partial charge in [0.25, 0.3) is 0 Å². The molecule has 1 aromatic carbocycles. The van der Waals surface area contributed by atoms with Gasteiger partial charge in [0.2, 0.25) is 0 Å². The van der Waals surface area contributed by atoms with Crippen molar-refractivity contribution in [2.75, 3.05) is 13.1 Å². The predicted octanol–water partition coefficient (Wildman–Crippen LogP) is 4.04. The molecule has 0 aromatic heterocycles. The monoisotopic (exact) mass is 219 g/mol. The maximum Gasteiger partial charge on any atom is 0.0233 e. The fraction of sp³-hybridized carbons (Fsp3) is 0.600. The molecule has 0 bridgehead atoms. The highest BCUT2D eigenvalue weighted by atomic mass is 15.1. The van der Waals surface area contributed by atoms with Crippen LogP contribution < -0.4 is 0 Å². The highest BCUT2D eigenvalue weighted by Gasteiger charge is 2.03. The third-order valence-corrected chi connectivity index (χ3v) is 3.04. The smallest absolute Gasteiger partial charge is 0.0233 e. The molecule has 1 heteroatoms.